The minimum absolute atomic E-state index is 0.0605. The van der Waals surface area contributed by atoms with Crippen molar-refractivity contribution in [3.63, 3.8) is 0 Å². The van der Waals surface area contributed by atoms with Gasteiger partial charge in [-0.1, -0.05) is 29.8 Å². The van der Waals surface area contributed by atoms with Crippen LogP contribution < -0.4 is 0 Å². The molecule has 0 aromatic heterocycles. The van der Waals surface area contributed by atoms with E-state index in [9.17, 15) is 5.11 Å². The van der Waals surface area contributed by atoms with Gasteiger partial charge in [-0.25, -0.2) is 0 Å². The van der Waals surface area contributed by atoms with Gasteiger partial charge in [-0.3, -0.25) is 4.90 Å². The zero-order valence-corrected chi connectivity index (χ0v) is 12.0. The lowest BCUT2D eigenvalue weighted by molar-refractivity contribution is -0.168. The van der Waals surface area contributed by atoms with Crippen molar-refractivity contribution in [3.8, 4) is 0 Å². The molecule has 2 heterocycles. The summed E-state index contributed by atoms with van der Waals surface area (Å²) in [4.78, 5) is 2.40. The highest BCUT2D eigenvalue weighted by Gasteiger charge is 2.40. The van der Waals surface area contributed by atoms with E-state index in [1.807, 2.05) is 0 Å². The van der Waals surface area contributed by atoms with Gasteiger partial charge in [-0.15, -0.1) is 0 Å². The second-order valence-corrected chi connectivity index (χ2v) is 6.01. The predicted octanol–water partition coefficient (Wildman–Crippen LogP) is 1.000. The topological polar surface area (TPSA) is 41.9 Å². The summed E-state index contributed by atoms with van der Waals surface area (Å²) in [5, 5.41) is 9.86. The van der Waals surface area contributed by atoms with Gasteiger partial charge in [0.1, 0.15) is 5.60 Å². The summed E-state index contributed by atoms with van der Waals surface area (Å²) in [6.07, 6.45) is 0.758. The highest BCUT2D eigenvalue weighted by molar-refractivity contribution is 5.23. The minimum atomic E-state index is -0.469. The largest absolute Gasteiger partial charge is 0.393 e. The second-order valence-electron chi connectivity index (χ2n) is 6.01. The SMILES string of the molecule is Cc1ccc(CC2(CO)CN(C3COC3)CCO2)cc1. The van der Waals surface area contributed by atoms with Crippen molar-refractivity contribution < 1.29 is 14.6 Å². The van der Waals surface area contributed by atoms with Crippen LogP contribution in [0.4, 0.5) is 0 Å². The third-order valence-electron chi connectivity index (χ3n) is 4.35. The standard InChI is InChI=1S/C16H23NO3/c1-13-2-4-14(5-3-13)8-16(12-18)11-17(6-7-20-16)15-9-19-10-15/h2-5,15,18H,6-12H2,1H3. The zero-order chi connectivity index (χ0) is 14.0. The molecule has 1 aromatic carbocycles. The lowest BCUT2D eigenvalue weighted by Crippen LogP contribution is -2.61. The fourth-order valence-electron chi connectivity index (χ4n) is 2.96. The fourth-order valence-corrected chi connectivity index (χ4v) is 2.96. The van der Waals surface area contributed by atoms with E-state index in [1.165, 1.54) is 11.1 Å². The summed E-state index contributed by atoms with van der Waals surface area (Å²) in [6, 6.07) is 8.98. The van der Waals surface area contributed by atoms with E-state index in [4.69, 9.17) is 9.47 Å². The monoisotopic (exact) mass is 277 g/mol. The Hall–Kier alpha value is -0.940. The van der Waals surface area contributed by atoms with Crippen LogP contribution in [0.5, 0.6) is 0 Å². The van der Waals surface area contributed by atoms with Crippen LogP contribution in [0.2, 0.25) is 0 Å². The molecule has 0 saturated carbocycles. The number of hydrogen-bond donors (Lipinski definition) is 1. The second kappa shape index (κ2) is 5.82. The molecule has 2 saturated heterocycles. The third kappa shape index (κ3) is 2.88. The molecule has 2 aliphatic heterocycles. The Kier molecular flexibility index (Phi) is 4.08. The van der Waals surface area contributed by atoms with E-state index in [0.717, 1.165) is 32.7 Å². The van der Waals surface area contributed by atoms with Crippen LogP contribution in [-0.4, -0.2) is 61.2 Å². The Bertz CT molecular complexity index is 444. The van der Waals surface area contributed by atoms with E-state index in [2.05, 4.69) is 36.1 Å². The summed E-state index contributed by atoms with van der Waals surface area (Å²) in [5.74, 6) is 0. The van der Waals surface area contributed by atoms with Crippen LogP contribution in [0.1, 0.15) is 11.1 Å². The lowest BCUT2D eigenvalue weighted by atomic mass is 9.92. The Morgan fingerprint density at radius 3 is 2.65 bits per heavy atom. The molecule has 1 atom stereocenters. The average molecular weight is 277 g/mol. The molecule has 4 nitrogen and oxygen atoms in total. The Morgan fingerprint density at radius 2 is 2.05 bits per heavy atom. The van der Waals surface area contributed by atoms with Crippen molar-refractivity contribution >= 4 is 0 Å². The van der Waals surface area contributed by atoms with Gasteiger partial charge in [0.25, 0.3) is 0 Å². The quantitative estimate of drug-likeness (QED) is 0.891. The maximum absolute atomic E-state index is 9.86. The van der Waals surface area contributed by atoms with Crippen LogP contribution in [-0.2, 0) is 15.9 Å². The number of rotatable bonds is 4. The first-order valence-electron chi connectivity index (χ1n) is 7.33. The minimum Gasteiger partial charge on any atom is -0.393 e. The molecule has 1 aromatic rings. The molecule has 4 heteroatoms. The molecule has 0 aliphatic carbocycles. The van der Waals surface area contributed by atoms with Gasteiger partial charge in [-0.05, 0) is 12.5 Å². The van der Waals surface area contributed by atoms with Crippen molar-refractivity contribution in [2.75, 3.05) is 39.5 Å². The smallest absolute Gasteiger partial charge is 0.108 e. The van der Waals surface area contributed by atoms with Crippen LogP contribution in [0.15, 0.2) is 24.3 Å². The molecule has 110 valence electrons. The Morgan fingerprint density at radius 1 is 1.30 bits per heavy atom. The average Bonchev–Trinajstić information content (AvgIpc) is 2.40. The zero-order valence-electron chi connectivity index (χ0n) is 12.0. The van der Waals surface area contributed by atoms with Crippen molar-refractivity contribution in [2.24, 2.45) is 0 Å². The third-order valence-corrected chi connectivity index (χ3v) is 4.35. The predicted molar refractivity (Wildman–Crippen MR) is 76.8 cm³/mol. The van der Waals surface area contributed by atoms with Crippen molar-refractivity contribution in [1.29, 1.82) is 0 Å². The molecule has 0 amide bonds. The van der Waals surface area contributed by atoms with E-state index in [-0.39, 0.29) is 6.61 Å². The maximum atomic E-state index is 9.86. The summed E-state index contributed by atoms with van der Waals surface area (Å²) in [6.45, 7) is 6.17. The number of morpholine rings is 1. The van der Waals surface area contributed by atoms with E-state index in [0.29, 0.717) is 12.6 Å². The van der Waals surface area contributed by atoms with Gasteiger partial charge in [0.15, 0.2) is 0 Å². The summed E-state index contributed by atoms with van der Waals surface area (Å²) in [5.41, 5.74) is 2.00. The van der Waals surface area contributed by atoms with Crippen molar-refractivity contribution in [2.45, 2.75) is 25.0 Å². The molecule has 0 spiro atoms. The molecule has 1 N–H and O–H groups in total. The molecule has 20 heavy (non-hydrogen) atoms. The first-order chi connectivity index (χ1) is 9.71. The fraction of sp³-hybridized carbons (Fsp3) is 0.625. The molecule has 0 radical (unpaired) electrons. The van der Waals surface area contributed by atoms with Crippen LogP contribution in [0.3, 0.4) is 0 Å². The molecule has 3 rings (SSSR count). The van der Waals surface area contributed by atoms with Crippen LogP contribution in [0.25, 0.3) is 0 Å². The van der Waals surface area contributed by atoms with Gasteiger partial charge in [0, 0.05) is 19.5 Å². The number of aliphatic hydroxyl groups excluding tert-OH is 1. The van der Waals surface area contributed by atoms with Crippen molar-refractivity contribution in [3.05, 3.63) is 35.4 Å². The number of benzene rings is 1. The number of hydrogen-bond acceptors (Lipinski definition) is 4. The molecular weight excluding hydrogens is 254 g/mol. The Labute approximate surface area is 120 Å². The molecule has 2 aliphatic rings. The molecule has 2 fully saturated rings. The first-order valence-corrected chi connectivity index (χ1v) is 7.33. The van der Waals surface area contributed by atoms with Gasteiger partial charge < -0.3 is 14.6 Å². The summed E-state index contributed by atoms with van der Waals surface area (Å²) >= 11 is 0. The van der Waals surface area contributed by atoms with Gasteiger partial charge in [0.05, 0.1) is 32.5 Å². The Balaban J connectivity index is 1.70. The van der Waals surface area contributed by atoms with Crippen molar-refractivity contribution in [1.82, 2.24) is 4.90 Å². The van der Waals surface area contributed by atoms with E-state index >= 15 is 0 Å². The maximum Gasteiger partial charge on any atom is 0.108 e. The highest BCUT2D eigenvalue weighted by atomic mass is 16.5. The number of nitrogens with zero attached hydrogens (tertiary/aromatic N) is 1. The first kappa shape index (κ1) is 14.0. The number of aryl methyl sites for hydroxylation is 1. The van der Waals surface area contributed by atoms with E-state index < -0.39 is 5.60 Å². The van der Waals surface area contributed by atoms with Gasteiger partial charge in [-0.2, -0.15) is 0 Å². The van der Waals surface area contributed by atoms with E-state index in [1.54, 1.807) is 0 Å². The number of aliphatic hydroxyl groups is 1. The lowest BCUT2D eigenvalue weighted by Gasteiger charge is -2.47. The molecule has 1 unspecified atom stereocenters. The number of ether oxygens (including phenoxy) is 2. The normalized spacial score (nSPS) is 28.3. The highest BCUT2D eigenvalue weighted by Crippen LogP contribution is 2.26. The van der Waals surface area contributed by atoms with Gasteiger partial charge >= 0.3 is 0 Å². The summed E-state index contributed by atoms with van der Waals surface area (Å²) in [7, 11) is 0. The van der Waals surface area contributed by atoms with Crippen LogP contribution >= 0.6 is 0 Å². The van der Waals surface area contributed by atoms with Gasteiger partial charge in [0.2, 0.25) is 0 Å². The summed E-state index contributed by atoms with van der Waals surface area (Å²) < 4.78 is 11.2. The van der Waals surface area contributed by atoms with Crippen LogP contribution in [0, 0.1) is 6.92 Å². The molecule has 0 bridgehead atoms. The molecular formula is C16H23NO3.